The van der Waals surface area contributed by atoms with E-state index in [9.17, 15) is 0 Å². The zero-order valence-electron chi connectivity index (χ0n) is 26.8. The molecule has 47 heavy (non-hydrogen) atoms. The number of fused-ring (bicyclic) bond motifs is 6. The molecule has 7 aromatic rings. The van der Waals surface area contributed by atoms with Gasteiger partial charge in [-0.15, -0.1) is 0 Å². The van der Waals surface area contributed by atoms with Crippen LogP contribution in [0.2, 0.25) is 0 Å². The molecule has 226 valence electrons. The van der Waals surface area contributed by atoms with Gasteiger partial charge in [-0.2, -0.15) is 0 Å². The largest absolute Gasteiger partial charge is 0.310 e. The third-order valence-corrected chi connectivity index (χ3v) is 10.3. The van der Waals surface area contributed by atoms with Gasteiger partial charge in [-0.25, -0.2) is 0 Å². The molecule has 0 atom stereocenters. The van der Waals surface area contributed by atoms with Gasteiger partial charge in [0, 0.05) is 39.2 Å². The Morgan fingerprint density at radius 1 is 0.574 bits per heavy atom. The van der Waals surface area contributed by atoms with Crippen LogP contribution in [0.1, 0.15) is 42.7 Å². The van der Waals surface area contributed by atoms with Gasteiger partial charge in [-0.3, -0.25) is 0 Å². The van der Waals surface area contributed by atoms with Gasteiger partial charge in [-0.1, -0.05) is 105 Å². The van der Waals surface area contributed by atoms with Crippen LogP contribution in [0.15, 0.2) is 152 Å². The van der Waals surface area contributed by atoms with Gasteiger partial charge in [-0.05, 0) is 119 Å². The first-order valence-electron chi connectivity index (χ1n) is 16.7. The lowest BCUT2D eigenvalue weighted by atomic mass is 9.82. The van der Waals surface area contributed by atoms with Crippen molar-refractivity contribution in [2.75, 3.05) is 4.90 Å². The Morgan fingerprint density at radius 2 is 1.23 bits per heavy atom. The summed E-state index contributed by atoms with van der Waals surface area (Å²) >= 11 is 0. The Bertz CT molecular complexity index is 2310. The van der Waals surface area contributed by atoms with Crippen molar-refractivity contribution < 1.29 is 0 Å². The van der Waals surface area contributed by atoms with Gasteiger partial charge in [0.25, 0.3) is 0 Å². The minimum atomic E-state index is -0.0543. The first kappa shape index (κ1) is 27.7. The fraction of sp³-hybridized carbons (Fsp3) is 0.111. The average Bonchev–Trinajstić information content (AvgIpc) is 3.58. The van der Waals surface area contributed by atoms with Crippen molar-refractivity contribution >= 4 is 34.0 Å². The topological polar surface area (TPSA) is 8.17 Å². The molecule has 6 aromatic carbocycles. The number of hydrogen-bond donors (Lipinski definition) is 0. The molecule has 2 heteroatoms. The quantitative estimate of drug-likeness (QED) is 0.190. The lowest BCUT2D eigenvalue weighted by Gasteiger charge is -2.28. The third kappa shape index (κ3) is 4.40. The molecule has 1 heterocycles. The number of aryl methyl sites for hydroxylation is 1. The molecule has 0 saturated carbocycles. The Morgan fingerprint density at radius 3 is 2.04 bits per heavy atom. The number of rotatable bonds is 5. The molecule has 9 rings (SSSR count). The molecular weight excluding hydrogens is 569 g/mol. The summed E-state index contributed by atoms with van der Waals surface area (Å²) in [5.41, 5.74) is 16.6. The van der Waals surface area contributed by atoms with E-state index in [1.807, 2.05) is 0 Å². The predicted octanol–water partition coefficient (Wildman–Crippen LogP) is 12.0. The van der Waals surface area contributed by atoms with Crippen molar-refractivity contribution in [2.24, 2.45) is 0 Å². The zero-order valence-corrected chi connectivity index (χ0v) is 26.8. The molecule has 0 bridgehead atoms. The molecule has 0 amide bonds. The number of nitrogens with zero attached hydrogens (tertiary/aromatic N) is 2. The third-order valence-electron chi connectivity index (χ3n) is 10.3. The van der Waals surface area contributed by atoms with Crippen molar-refractivity contribution in [3.05, 3.63) is 174 Å². The van der Waals surface area contributed by atoms with Crippen LogP contribution >= 0.6 is 0 Å². The standard InChI is InChI=1S/C45H36N2/c1-45(2)41-19-11-9-17-37(41)38-27-26-36(30-42(38)45)46(33-13-5-3-6-14-33)35-24-21-31(22-25-35)32-23-28-44-40(29-32)39-18-10-12-20-43(39)47(44)34-15-7-4-8-16-34/h3-9,11-17,19-30H,10,18H2,1-2H3. The molecule has 0 fully saturated rings. The van der Waals surface area contributed by atoms with E-state index in [1.165, 1.54) is 66.9 Å². The molecule has 2 aliphatic carbocycles. The highest BCUT2D eigenvalue weighted by atomic mass is 15.1. The fourth-order valence-corrected chi connectivity index (χ4v) is 7.93. The molecule has 2 nitrogen and oxygen atoms in total. The summed E-state index contributed by atoms with van der Waals surface area (Å²) in [5, 5.41) is 1.35. The minimum absolute atomic E-state index is 0.0543. The first-order chi connectivity index (χ1) is 23.1. The number of allylic oxidation sites excluding steroid dienone is 1. The summed E-state index contributed by atoms with van der Waals surface area (Å²) < 4.78 is 2.42. The lowest BCUT2D eigenvalue weighted by Crippen LogP contribution is -2.16. The summed E-state index contributed by atoms with van der Waals surface area (Å²) in [6.45, 7) is 4.70. The summed E-state index contributed by atoms with van der Waals surface area (Å²) in [5.74, 6) is 0. The molecule has 0 N–H and O–H groups in total. The van der Waals surface area contributed by atoms with E-state index >= 15 is 0 Å². The maximum atomic E-state index is 2.42. The second kappa shape index (κ2) is 10.7. The summed E-state index contributed by atoms with van der Waals surface area (Å²) in [6, 6.07) is 53.4. The molecule has 1 aromatic heterocycles. The van der Waals surface area contributed by atoms with E-state index in [0.717, 1.165) is 24.2 Å². The molecule has 0 saturated heterocycles. The van der Waals surface area contributed by atoms with Crippen LogP contribution in [-0.2, 0) is 11.8 Å². The number of aromatic nitrogens is 1. The highest BCUT2D eigenvalue weighted by Crippen LogP contribution is 2.50. The normalized spacial score (nSPS) is 14.1. The average molecular weight is 605 g/mol. The van der Waals surface area contributed by atoms with Gasteiger partial charge in [0.1, 0.15) is 0 Å². The Labute approximate surface area is 276 Å². The van der Waals surface area contributed by atoms with E-state index in [1.54, 1.807) is 0 Å². The molecule has 0 aliphatic heterocycles. The number of benzene rings is 6. The number of hydrogen-bond acceptors (Lipinski definition) is 1. The van der Waals surface area contributed by atoms with E-state index in [0.29, 0.717) is 0 Å². The van der Waals surface area contributed by atoms with E-state index in [-0.39, 0.29) is 5.41 Å². The highest BCUT2D eigenvalue weighted by Gasteiger charge is 2.35. The van der Waals surface area contributed by atoms with Crippen LogP contribution < -0.4 is 4.90 Å². The van der Waals surface area contributed by atoms with Crippen LogP contribution in [0, 0.1) is 0 Å². The summed E-state index contributed by atoms with van der Waals surface area (Å²) in [7, 11) is 0. The Hall–Kier alpha value is -5.60. The molecule has 0 spiro atoms. The van der Waals surface area contributed by atoms with Crippen LogP contribution in [0.4, 0.5) is 17.1 Å². The van der Waals surface area contributed by atoms with E-state index in [4.69, 9.17) is 0 Å². The second-order valence-corrected chi connectivity index (χ2v) is 13.3. The SMILES string of the molecule is CC1(C)c2ccccc2-c2ccc(N(c3ccccc3)c3ccc(-c4ccc5c(c4)c4c(n5-c5ccccc5)C=CCC4)cc3)cc21. The summed E-state index contributed by atoms with van der Waals surface area (Å²) in [6.07, 6.45) is 6.76. The van der Waals surface area contributed by atoms with Crippen molar-refractivity contribution in [2.45, 2.75) is 32.1 Å². The van der Waals surface area contributed by atoms with Crippen molar-refractivity contribution in [3.8, 4) is 27.9 Å². The Balaban J connectivity index is 1.12. The number of para-hydroxylation sites is 2. The van der Waals surface area contributed by atoms with Gasteiger partial charge < -0.3 is 9.47 Å². The predicted molar refractivity (Wildman–Crippen MR) is 198 cm³/mol. The van der Waals surface area contributed by atoms with Crippen molar-refractivity contribution in [1.29, 1.82) is 0 Å². The smallest absolute Gasteiger partial charge is 0.0538 e. The van der Waals surface area contributed by atoms with Crippen LogP contribution in [0.3, 0.4) is 0 Å². The molecule has 2 aliphatic rings. The van der Waals surface area contributed by atoms with Gasteiger partial charge >= 0.3 is 0 Å². The van der Waals surface area contributed by atoms with Gasteiger partial charge in [0.05, 0.1) is 5.52 Å². The fourth-order valence-electron chi connectivity index (χ4n) is 7.93. The van der Waals surface area contributed by atoms with Crippen LogP contribution in [0.25, 0.3) is 44.9 Å². The number of anilines is 3. The first-order valence-corrected chi connectivity index (χ1v) is 16.7. The van der Waals surface area contributed by atoms with Crippen molar-refractivity contribution in [3.63, 3.8) is 0 Å². The zero-order chi connectivity index (χ0) is 31.5. The van der Waals surface area contributed by atoms with Crippen molar-refractivity contribution in [1.82, 2.24) is 4.57 Å². The minimum Gasteiger partial charge on any atom is -0.310 e. The molecular formula is C45H36N2. The van der Waals surface area contributed by atoms with Crippen LogP contribution in [-0.4, -0.2) is 4.57 Å². The summed E-state index contributed by atoms with van der Waals surface area (Å²) in [4.78, 5) is 2.38. The van der Waals surface area contributed by atoms with Crippen LogP contribution in [0.5, 0.6) is 0 Å². The van der Waals surface area contributed by atoms with E-state index in [2.05, 4.69) is 181 Å². The highest BCUT2D eigenvalue weighted by molar-refractivity contribution is 5.94. The molecule has 0 unspecified atom stereocenters. The van der Waals surface area contributed by atoms with Gasteiger partial charge in [0.2, 0.25) is 0 Å². The van der Waals surface area contributed by atoms with E-state index < -0.39 is 0 Å². The Kier molecular flexibility index (Phi) is 6.33. The second-order valence-electron chi connectivity index (χ2n) is 13.3. The monoisotopic (exact) mass is 604 g/mol. The maximum absolute atomic E-state index is 2.42. The molecule has 0 radical (unpaired) electrons. The van der Waals surface area contributed by atoms with Gasteiger partial charge in [0.15, 0.2) is 0 Å². The lowest BCUT2D eigenvalue weighted by molar-refractivity contribution is 0.660. The maximum Gasteiger partial charge on any atom is 0.0538 e.